The van der Waals surface area contributed by atoms with Crippen molar-refractivity contribution in [2.75, 3.05) is 23.9 Å². The molecule has 0 spiro atoms. The van der Waals surface area contributed by atoms with Gasteiger partial charge in [0.2, 0.25) is 0 Å². The molecule has 0 aliphatic rings. The normalized spacial score (nSPS) is 12.4. The largest absolute Gasteiger partial charge is 0.381 e. The minimum Gasteiger partial charge on any atom is -0.381 e. The van der Waals surface area contributed by atoms with E-state index in [-0.39, 0.29) is 12.4 Å². The maximum absolute atomic E-state index is 11.5. The van der Waals surface area contributed by atoms with Crippen LogP contribution in [-0.2, 0) is 9.84 Å². The number of nitrogens with two attached hydrogens (primary N) is 1. The van der Waals surface area contributed by atoms with Crippen LogP contribution in [0.4, 0.5) is 11.6 Å². The third-order valence-electron chi connectivity index (χ3n) is 2.41. The zero-order chi connectivity index (χ0) is 12.4. The van der Waals surface area contributed by atoms with E-state index in [0.29, 0.717) is 5.82 Å². The zero-order valence-electron chi connectivity index (χ0n) is 9.56. The predicted octanol–water partition coefficient (Wildman–Crippen LogP) is 0.294. The maximum Gasteiger partial charge on any atom is 0.168 e. The van der Waals surface area contributed by atoms with Gasteiger partial charge in [0.25, 0.3) is 0 Å². The Morgan fingerprint density at radius 2 is 1.94 bits per heavy atom. The van der Waals surface area contributed by atoms with Crippen molar-refractivity contribution in [3.05, 3.63) is 12.4 Å². The van der Waals surface area contributed by atoms with Gasteiger partial charge >= 0.3 is 0 Å². The van der Waals surface area contributed by atoms with Gasteiger partial charge in [-0.2, -0.15) is 0 Å². The van der Waals surface area contributed by atoms with Crippen molar-refractivity contribution in [3.8, 4) is 0 Å². The first-order valence-electron chi connectivity index (χ1n) is 4.74. The number of nitrogen functional groups attached to an aromatic ring is 1. The van der Waals surface area contributed by atoms with Gasteiger partial charge in [0, 0.05) is 25.2 Å². The summed E-state index contributed by atoms with van der Waals surface area (Å²) in [7, 11) is -3.14. The number of hydrogen-bond acceptors (Lipinski definition) is 6. The van der Waals surface area contributed by atoms with Crippen molar-refractivity contribution in [3.63, 3.8) is 0 Å². The lowest BCUT2D eigenvalue weighted by atomic mass is 10.2. The van der Waals surface area contributed by atoms with Gasteiger partial charge in [-0.15, -0.1) is 0 Å². The van der Waals surface area contributed by atoms with Crippen LogP contribution in [-0.4, -0.2) is 35.9 Å². The van der Waals surface area contributed by atoms with Crippen LogP contribution >= 0.6 is 0 Å². The molecule has 7 heteroatoms. The average Bonchev–Trinajstić information content (AvgIpc) is 2.15. The van der Waals surface area contributed by atoms with Crippen LogP contribution in [0.2, 0.25) is 0 Å². The molecule has 1 heterocycles. The lowest BCUT2D eigenvalue weighted by molar-refractivity contribution is 0.559. The predicted molar refractivity (Wildman–Crippen MR) is 63.9 cm³/mol. The van der Waals surface area contributed by atoms with Crippen LogP contribution in [0.15, 0.2) is 12.4 Å². The second kappa shape index (κ2) is 4.25. The summed E-state index contributed by atoms with van der Waals surface area (Å²) in [6.07, 6.45) is 4.17. The van der Waals surface area contributed by atoms with Crippen LogP contribution in [0.25, 0.3) is 0 Å². The van der Waals surface area contributed by atoms with E-state index in [0.717, 1.165) is 0 Å². The lowest BCUT2D eigenvalue weighted by Gasteiger charge is -2.23. The van der Waals surface area contributed by atoms with Gasteiger partial charge < -0.3 is 11.1 Å². The molecule has 0 saturated heterocycles. The second-order valence-corrected chi connectivity index (χ2v) is 6.83. The molecule has 0 bridgehead atoms. The van der Waals surface area contributed by atoms with E-state index in [1.165, 1.54) is 18.6 Å². The standard InChI is InChI=1S/C9H16N4O2S/c1-9(2,16(3,14)15)6-13-8-7(10)11-4-5-12-8/h4-5H,6H2,1-3H3,(H2,10,11)(H,12,13). The van der Waals surface area contributed by atoms with Crippen molar-refractivity contribution < 1.29 is 8.42 Å². The van der Waals surface area contributed by atoms with E-state index in [4.69, 9.17) is 5.73 Å². The van der Waals surface area contributed by atoms with Crippen LogP contribution in [0.3, 0.4) is 0 Å². The third-order valence-corrected chi connectivity index (χ3v) is 4.56. The molecule has 0 aromatic carbocycles. The van der Waals surface area contributed by atoms with E-state index in [1.807, 2.05) is 0 Å². The summed E-state index contributed by atoms with van der Waals surface area (Å²) < 4.78 is 22.0. The number of nitrogens with zero attached hydrogens (tertiary/aromatic N) is 2. The SMILES string of the molecule is CC(C)(CNc1nccnc1N)S(C)(=O)=O. The molecule has 1 rings (SSSR count). The van der Waals surface area contributed by atoms with Gasteiger partial charge in [0.1, 0.15) is 0 Å². The zero-order valence-corrected chi connectivity index (χ0v) is 10.4. The Morgan fingerprint density at radius 3 is 2.44 bits per heavy atom. The average molecular weight is 244 g/mol. The lowest BCUT2D eigenvalue weighted by Crippen LogP contribution is -2.38. The first-order chi connectivity index (χ1) is 7.24. The van der Waals surface area contributed by atoms with Crippen LogP contribution in [0.1, 0.15) is 13.8 Å². The fourth-order valence-corrected chi connectivity index (χ4v) is 1.25. The van der Waals surface area contributed by atoms with Crippen LogP contribution < -0.4 is 11.1 Å². The number of anilines is 2. The molecule has 90 valence electrons. The second-order valence-electron chi connectivity index (χ2n) is 4.18. The first kappa shape index (κ1) is 12.7. The first-order valence-corrected chi connectivity index (χ1v) is 6.63. The van der Waals surface area contributed by atoms with E-state index in [9.17, 15) is 8.42 Å². The van der Waals surface area contributed by atoms with Gasteiger partial charge in [0.05, 0.1) is 4.75 Å². The molecule has 6 nitrogen and oxygen atoms in total. The highest BCUT2D eigenvalue weighted by molar-refractivity contribution is 7.92. The van der Waals surface area contributed by atoms with Gasteiger partial charge in [-0.1, -0.05) is 0 Å². The Kier molecular flexibility index (Phi) is 3.37. The van der Waals surface area contributed by atoms with Gasteiger partial charge in [-0.25, -0.2) is 18.4 Å². The smallest absolute Gasteiger partial charge is 0.168 e. The molecule has 1 aromatic heterocycles. The summed E-state index contributed by atoms with van der Waals surface area (Å²) in [5.41, 5.74) is 5.57. The van der Waals surface area contributed by atoms with E-state index in [2.05, 4.69) is 15.3 Å². The number of nitrogens with one attached hydrogen (secondary N) is 1. The molecule has 16 heavy (non-hydrogen) atoms. The summed E-state index contributed by atoms with van der Waals surface area (Å²) in [5, 5.41) is 2.88. The van der Waals surface area contributed by atoms with Gasteiger partial charge in [0.15, 0.2) is 21.5 Å². The van der Waals surface area contributed by atoms with Crippen LogP contribution in [0, 0.1) is 0 Å². The Morgan fingerprint density at radius 1 is 1.38 bits per heavy atom. The van der Waals surface area contributed by atoms with Crippen molar-refractivity contribution in [1.29, 1.82) is 0 Å². The summed E-state index contributed by atoms with van der Waals surface area (Å²) in [4.78, 5) is 7.82. The molecular weight excluding hydrogens is 228 g/mol. The fourth-order valence-electron chi connectivity index (χ4n) is 0.913. The van der Waals surface area contributed by atoms with Crippen molar-refractivity contribution >= 4 is 21.5 Å². The summed E-state index contributed by atoms with van der Waals surface area (Å²) in [6.45, 7) is 3.51. The molecular formula is C9H16N4O2S. The minimum absolute atomic E-state index is 0.231. The van der Waals surface area contributed by atoms with Crippen LogP contribution in [0.5, 0.6) is 0 Å². The van der Waals surface area contributed by atoms with Gasteiger partial charge in [-0.05, 0) is 13.8 Å². The van der Waals surface area contributed by atoms with E-state index >= 15 is 0 Å². The molecule has 0 radical (unpaired) electrons. The number of rotatable bonds is 4. The Bertz CT molecular complexity index is 470. The van der Waals surface area contributed by atoms with Crippen molar-refractivity contribution in [2.45, 2.75) is 18.6 Å². The molecule has 0 saturated carbocycles. The Balaban J connectivity index is 2.77. The molecule has 0 unspecified atom stereocenters. The molecule has 3 N–H and O–H groups in total. The minimum atomic E-state index is -3.14. The number of aromatic nitrogens is 2. The summed E-state index contributed by atoms with van der Waals surface area (Å²) in [5.74, 6) is 0.658. The molecule has 0 aliphatic carbocycles. The third kappa shape index (κ3) is 2.82. The number of hydrogen-bond donors (Lipinski definition) is 2. The fraction of sp³-hybridized carbons (Fsp3) is 0.556. The highest BCUT2D eigenvalue weighted by atomic mass is 32.2. The molecule has 0 aliphatic heterocycles. The summed E-state index contributed by atoms with van der Waals surface area (Å²) in [6, 6.07) is 0. The molecule has 0 amide bonds. The molecule has 0 atom stereocenters. The quantitative estimate of drug-likeness (QED) is 0.790. The number of sulfone groups is 1. The Hall–Kier alpha value is -1.37. The highest BCUT2D eigenvalue weighted by Crippen LogP contribution is 2.17. The Labute approximate surface area is 95.2 Å². The highest BCUT2D eigenvalue weighted by Gasteiger charge is 2.30. The summed E-state index contributed by atoms with van der Waals surface area (Å²) >= 11 is 0. The van der Waals surface area contributed by atoms with E-state index < -0.39 is 14.6 Å². The van der Waals surface area contributed by atoms with Crippen molar-refractivity contribution in [2.24, 2.45) is 0 Å². The van der Waals surface area contributed by atoms with E-state index in [1.54, 1.807) is 13.8 Å². The maximum atomic E-state index is 11.5. The molecule has 0 fully saturated rings. The van der Waals surface area contributed by atoms with Gasteiger partial charge in [-0.3, -0.25) is 0 Å². The molecule has 1 aromatic rings. The topological polar surface area (TPSA) is 98.0 Å². The monoisotopic (exact) mass is 244 g/mol. The van der Waals surface area contributed by atoms with Crippen molar-refractivity contribution in [1.82, 2.24) is 9.97 Å².